The average Bonchev–Trinajstić information content (AvgIpc) is 3.22. The molecule has 5 saturated heterocycles. The van der Waals surface area contributed by atoms with Crippen molar-refractivity contribution < 1.29 is 29.4 Å². The monoisotopic (exact) mass is 420 g/mol. The first-order valence-electron chi connectivity index (χ1n) is 9.16. The quantitative estimate of drug-likeness (QED) is 0.491. The zero-order chi connectivity index (χ0) is 19.6. The summed E-state index contributed by atoms with van der Waals surface area (Å²) in [5, 5.41) is 21.0. The molecule has 0 aromatic carbocycles. The molecule has 7 rings (SSSR count). The van der Waals surface area contributed by atoms with Crippen LogP contribution in [0.4, 0.5) is 0 Å². The Morgan fingerprint density at radius 2 is 1.18 bits per heavy atom. The number of hydrogen-bond donors (Lipinski definition) is 2. The van der Waals surface area contributed by atoms with Crippen LogP contribution in [0.3, 0.4) is 0 Å². The molecule has 2 bridgehead atoms. The van der Waals surface area contributed by atoms with Gasteiger partial charge in [0, 0.05) is 24.7 Å². The summed E-state index contributed by atoms with van der Waals surface area (Å²) < 4.78 is 0. The van der Waals surface area contributed by atoms with Crippen LogP contribution in [0.2, 0.25) is 0 Å². The minimum absolute atomic E-state index is 0.129. The van der Waals surface area contributed by atoms with Gasteiger partial charge in [0.2, 0.25) is 0 Å². The topological polar surface area (TPSA) is 115 Å². The van der Waals surface area contributed by atoms with E-state index in [2.05, 4.69) is 0 Å². The zero-order valence-electron chi connectivity index (χ0n) is 14.4. The molecule has 146 valence electrons. The number of carbonyl (C=O) groups is 4. The lowest BCUT2D eigenvalue weighted by molar-refractivity contribution is -0.169. The van der Waals surface area contributed by atoms with E-state index in [4.69, 9.17) is 0 Å². The Kier molecular flexibility index (Phi) is 3.14. The highest BCUT2D eigenvalue weighted by Gasteiger charge is 2.79. The van der Waals surface area contributed by atoms with Gasteiger partial charge in [-0.3, -0.25) is 19.2 Å². The summed E-state index contributed by atoms with van der Waals surface area (Å²) in [7, 11) is 2.51. The van der Waals surface area contributed by atoms with E-state index in [1.807, 2.05) is 0 Å². The molecule has 0 aromatic rings. The van der Waals surface area contributed by atoms with Gasteiger partial charge in [-0.05, 0) is 12.2 Å². The molecule has 10 heteroatoms. The standard InChI is InChI=1S/C18H16N2O6S2/c21-9-1-3-11(23)13-7(9)5-17-15(25)20-14-8(10(22)2-4-12(14)24)6-18(20,28-27-17)16(26)19(13)17/h1-4,7-8,11-14,23-24H,5-6H2/t7-,8-,11-,12+,13-,14-,17-,18-/m0/s1. The van der Waals surface area contributed by atoms with Gasteiger partial charge in [-0.1, -0.05) is 33.7 Å². The van der Waals surface area contributed by atoms with E-state index < -0.39 is 45.9 Å². The fourth-order valence-electron chi connectivity index (χ4n) is 5.77. The van der Waals surface area contributed by atoms with Gasteiger partial charge in [-0.2, -0.15) is 0 Å². The maximum Gasteiger partial charge on any atom is 0.261 e. The molecule has 8 nitrogen and oxygen atoms in total. The molecule has 2 aliphatic carbocycles. The van der Waals surface area contributed by atoms with Crippen LogP contribution in [0.1, 0.15) is 12.8 Å². The number of aliphatic hydroxyl groups is 2. The van der Waals surface area contributed by atoms with Crippen molar-refractivity contribution in [2.75, 3.05) is 0 Å². The van der Waals surface area contributed by atoms with E-state index in [-0.39, 0.29) is 36.2 Å². The molecule has 8 atom stereocenters. The molecule has 28 heavy (non-hydrogen) atoms. The molecule has 7 aliphatic rings. The Hall–Kier alpha value is -1.62. The number of rotatable bonds is 0. The molecule has 0 unspecified atom stereocenters. The van der Waals surface area contributed by atoms with Crippen molar-refractivity contribution in [3.8, 4) is 0 Å². The molecule has 5 aliphatic heterocycles. The van der Waals surface area contributed by atoms with E-state index in [0.29, 0.717) is 0 Å². The van der Waals surface area contributed by atoms with Gasteiger partial charge in [-0.25, -0.2) is 0 Å². The van der Waals surface area contributed by atoms with Gasteiger partial charge >= 0.3 is 0 Å². The van der Waals surface area contributed by atoms with E-state index in [1.165, 1.54) is 55.7 Å². The molecule has 5 heterocycles. The van der Waals surface area contributed by atoms with Crippen molar-refractivity contribution in [2.24, 2.45) is 11.8 Å². The summed E-state index contributed by atoms with van der Waals surface area (Å²) in [5.41, 5.74) is 0. The van der Waals surface area contributed by atoms with Gasteiger partial charge in [0.15, 0.2) is 21.3 Å². The molecule has 2 N–H and O–H groups in total. The molecule has 0 saturated carbocycles. The van der Waals surface area contributed by atoms with Crippen molar-refractivity contribution in [1.82, 2.24) is 9.80 Å². The number of carbonyl (C=O) groups excluding carboxylic acids is 4. The molecule has 5 fully saturated rings. The Morgan fingerprint density at radius 1 is 0.786 bits per heavy atom. The number of amides is 2. The molecule has 0 radical (unpaired) electrons. The first kappa shape index (κ1) is 17.3. The van der Waals surface area contributed by atoms with Gasteiger partial charge < -0.3 is 20.0 Å². The highest BCUT2D eigenvalue weighted by molar-refractivity contribution is 8.78. The summed E-state index contributed by atoms with van der Waals surface area (Å²) in [4.78, 5) is 52.6. The smallest absolute Gasteiger partial charge is 0.261 e. The molecule has 2 spiro atoms. The fourth-order valence-corrected chi connectivity index (χ4v) is 9.60. The first-order chi connectivity index (χ1) is 13.3. The third kappa shape index (κ3) is 1.67. The number of fused-ring (bicyclic) bond motifs is 3. The number of allylic oxidation sites excluding steroid dienone is 2. The summed E-state index contributed by atoms with van der Waals surface area (Å²) in [6.07, 6.45) is 3.61. The number of nitrogens with zero attached hydrogens (tertiary/aromatic N) is 2. The third-order valence-corrected chi connectivity index (χ3v) is 10.6. The van der Waals surface area contributed by atoms with E-state index >= 15 is 0 Å². The predicted molar refractivity (Wildman–Crippen MR) is 98.4 cm³/mol. The van der Waals surface area contributed by atoms with Crippen molar-refractivity contribution in [1.29, 1.82) is 0 Å². The van der Waals surface area contributed by atoms with Crippen molar-refractivity contribution in [3.05, 3.63) is 24.3 Å². The normalized spacial score (nSPS) is 50.8. The lowest BCUT2D eigenvalue weighted by atomic mass is 9.85. The number of piperazine rings is 1. The maximum atomic E-state index is 13.7. The lowest BCUT2D eigenvalue weighted by Crippen LogP contribution is -2.77. The Balaban J connectivity index is 1.52. The largest absolute Gasteiger partial charge is 0.387 e. The molecule has 0 aromatic heterocycles. The highest BCUT2D eigenvalue weighted by atomic mass is 33.1. The van der Waals surface area contributed by atoms with Crippen LogP contribution >= 0.6 is 21.6 Å². The van der Waals surface area contributed by atoms with Crippen LogP contribution in [0.15, 0.2) is 24.3 Å². The summed E-state index contributed by atoms with van der Waals surface area (Å²) in [6.45, 7) is 0. The number of ketones is 2. The van der Waals surface area contributed by atoms with Crippen molar-refractivity contribution >= 4 is 45.0 Å². The second-order valence-electron chi connectivity index (χ2n) is 8.19. The second kappa shape index (κ2) is 5.10. The van der Waals surface area contributed by atoms with Crippen molar-refractivity contribution in [2.45, 2.75) is 46.9 Å². The maximum absolute atomic E-state index is 13.7. The Bertz CT molecular complexity index is 861. The van der Waals surface area contributed by atoms with Crippen LogP contribution in [0, 0.1) is 11.8 Å². The van der Waals surface area contributed by atoms with E-state index in [0.717, 1.165) is 0 Å². The minimum Gasteiger partial charge on any atom is -0.387 e. The lowest BCUT2D eigenvalue weighted by Gasteiger charge is -2.58. The van der Waals surface area contributed by atoms with Crippen molar-refractivity contribution in [3.63, 3.8) is 0 Å². The SMILES string of the molecule is O=C1C=C[C@@H](O)[C@@H]2[C@H]1C[C@]13SS[C@@]4(C[C@H]5C(=O)C=C[C@H](O)[C@H]5N4C1=O)C(=O)N23. The van der Waals surface area contributed by atoms with Crippen LogP contribution in [-0.2, 0) is 19.2 Å². The fraction of sp³-hybridized carbons (Fsp3) is 0.556. The van der Waals surface area contributed by atoms with Crippen LogP contribution in [0.25, 0.3) is 0 Å². The molecular weight excluding hydrogens is 404 g/mol. The Labute approximate surface area is 167 Å². The van der Waals surface area contributed by atoms with Crippen LogP contribution < -0.4 is 0 Å². The molecular formula is C18H16N2O6S2. The average molecular weight is 420 g/mol. The summed E-state index contributed by atoms with van der Waals surface area (Å²) in [6, 6.07) is -1.55. The summed E-state index contributed by atoms with van der Waals surface area (Å²) in [5.74, 6) is -2.35. The second-order valence-corrected chi connectivity index (χ2v) is 10.9. The van der Waals surface area contributed by atoms with Crippen LogP contribution in [-0.4, -0.2) is 77.4 Å². The van der Waals surface area contributed by atoms with Gasteiger partial charge in [0.25, 0.3) is 11.8 Å². The highest BCUT2D eigenvalue weighted by Crippen LogP contribution is 2.69. The van der Waals surface area contributed by atoms with E-state index in [9.17, 15) is 29.4 Å². The predicted octanol–water partition coefficient (Wildman–Crippen LogP) is -0.779. The number of aliphatic hydroxyl groups excluding tert-OH is 2. The van der Waals surface area contributed by atoms with E-state index in [1.54, 1.807) is 0 Å². The van der Waals surface area contributed by atoms with Crippen LogP contribution in [0.5, 0.6) is 0 Å². The van der Waals surface area contributed by atoms with Gasteiger partial charge in [-0.15, -0.1) is 0 Å². The number of hydrogen-bond acceptors (Lipinski definition) is 8. The zero-order valence-corrected chi connectivity index (χ0v) is 16.1. The third-order valence-electron chi connectivity index (χ3n) is 6.96. The summed E-state index contributed by atoms with van der Waals surface area (Å²) >= 11 is 0. The first-order valence-corrected chi connectivity index (χ1v) is 11.3. The molecule has 2 amide bonds. The van der Waals surface area contributed by atoms with Gasteiger partial charge in [0.05, 0.1) is 24.3 Å². The van der Waals surface area contributed by atoms with Gasteiger partial charge in [0.1, 0.15) is 0 Å². The minimum atomic E-state index is -1.29. The Morgan fingerprint density at radius 3 is 1.57 bits per heavy atom.